The molecular weight excluding hydrogens is 211 g/mol. The fourth-order valence-electron chi connectivity index (χ4n) is 1.50. The first-order valence-electron chi connectivity index (χ1n) is 5.18. The van der Waals surface area contributed by atoms with Gasteiger partial charge in [0.1, 0.15) is 17.7 Å². The van der Waals surface area contributed by atoms with Crippen LogP contribution >= 0.6 is 0 Å². The normalized spacial score (nSPS) is 12.9. The quantitative estimate of drug-likeness (QED) is 0.840. The third-order valence-electron chi connectivity index (χ3n) is 2.14. The SMILES string of the molecule is COc1ccc(F)cc1C(CO)OC(C)C. The Hall–Kier alpha value is -1.13. The van der Waals surface area contributed by atoms with Crippen molar-refractivity contribution in [3.05, 3.63) is 29.6 Å². The summed E-state index contributed by atoms with van der Waals surface area (Å²) in [5.41, 5.74) is 0.527. The van der Waals surface area contributed by atoms with Crippen molar-refractivity contribution in [1.29, 1.82) is 0 Å². The molecule has 0 saturated carbocycles. The Morgan fingerprint density at radius 2 is 2.06 bits per heavy atom. The van der Waals surface area contributed by atoms with Gasteiger partial charge in [0, 0.05) is 5.56 Å². The molecule has 1 N–H and O–H groups in total. The van der Waals surface area contributed by atoms with Crippen molar-refractivity contribution in [3.8, 4) is 5.75 Å². The molecule has 1 rings (SSSR count). The molecule has 0 amide bonds. The molecule has 4 heteroatoms. The van der Waals surface area contributed by atoms with Gasteiger partial charge in [-0.05, 0) is 32.0 Å². The number of halogens is 1. The summed E-state index contributed by atoms with van der Waals surface area (Å²) in [6.45, 7) is 3.50. The molecule has 1 unspecified atom stereocenters. The van der Waals surface area contributed by atoms with Gasteiger partial charge in [-0.2, -0.15) is 0 Å². The third-order valence-corrected chi connectivity index (χ3v) is 2.14. The largest absolute Gasteiger partial charge is 0.496 e. The number of aliphatic hydroxyl groups excluding tert-OH is 1. The zero-order valence-corrected chi connectivity index (χ0v) is 9.74. The molecule has 0 heterocycles. The second-order valence-corrected chi connectivity index (χ2v) is 3.74. The molecule has 3 nitrogen and oxygen atoms in total. The highest BCUT2D eigenvalue weighted by atomic mass is 19.1. The fourth-order valence-corrected chi connectivity index (χ4v) is 1.50. The van der Waals surface area contributed by atoms with Gasteiger partial charge in [-0.3, -0.25) is 0 Å². The van der Waals surface area contributed by atoms with Crippen molar-refractivity contribution in [2.45, 2.75) is 26.1 Å². The summed E-state index contributed by atoms with van der Waals surface area (Å²) in [6, 6.07) is 4.16. The second-order valence-electron chi connectivity index (χ2n) is 3.74. The summed E-state index contributed by atoms with van der Waals surface area (Å²) >= 11 is 0. The highest BCUT2D eigenvalue weighted by Gasteiger charge is 2.18. The maximum atomic E-state index is 13.1. The van der Waals surface area contributed by atoms with E-state index < -0.39 is 6.10 Å². The summed E-state index contributed by atoms with van der Waals surface area (Å²) < 4.78 is 23.7. The van der Waals surface area contributed by atoms with E-state index in [-0.39, 0.29) is 18.5 Å². The summed E-state index contributed by atoms with van der Waals surface area (Å²) in [5.74, 6) is 0.141. The molecule has 1 atom stereocenters. The van der Waals surface area contributed by atoms with E-state index in [1.807, 2.05) is 13.8 Å². The van der Waals surface area contributed by atoms with Crippen molar-refractivity contribution in [2.75, 3.05) is 13.7 Å². The van der Waals surface area contributed by atoms with Crippen LogP contribution in [-0.4, -0.2) is 24.9 Å². The van der Waals surface area contributed by atoms with Crippen LogP contribution in [0.15, 0.2) is 18.2 Å². The van der Waals surface area contributed by atoms with Gasteiger partial charge in [0.15, 0.2) is 0 Å². The van der Waals surface area contributed by atoms with Gasteiger partial charge in [-0.1, -0.05) is 0 Å². The molecule has 16 heavy (non-hydrogen) atoms. The minimum absolute atomic E-state index is 0.0508. The van der Waals surface area contributed by atoms with Gasteiger partial charge < -0.3 is 14.6 Å². The van der Waals surface area contributed by atoms with Crippen LogP contribution in [0.4, 0.5) is 4.39 Å². The van der Waals surface area contributed by atoms with Crippen LogP contribution < -0.4 is 4.74 Å². The van der Waals surface area contributed by atoms with E-state index in [4.69, 9.17) is 9.47 Å². The Bertz CT molecular complexity index is 339. The molecule has 0 saturated heterocycles. The van der Waals surface area contributed by atoms with E-state index in [9.17, 15) is 9.50 Å². The number of methoxy groups -OCH3 is 1. The number of benzene rings is 1. The van der Waals surface area contributed by atoms with Crippen molar-refractivity contribution in [1.82, 2.24) is 0 Å². The lowest BCUT2D eigenvalue weighted by molar-refractivity contribution is -0.0259. The van der Waals surface area contributed by atoms with Crippen molar-refractivity contribution >= 4 is 0 Å². The lowest BCUT2D eigenvalue weighted by atomic mass is 10.1. The lowest BCUT2D eigenvalue weighted by Crippen LogP contribution is -2.15. The zero-order chi connectivity index (χ0) is 12.1. The van der Waals surface area contributed by atoms with Crippen LogP contribution in [0.3, 0.4) is 0 Å². The van der Waals surface area contributed by atoms with Crippen LogP contribution in [0.5, 0.6) is 5.75 Å². The van der Waals surface area contributed by atoms with Crippen molar-refractivity contribution in [2.24, 2.45) is 0 Å². The number of rotatable bonds is 5. The predicted octanol–water partition coefficient (Wildman–Crippen LogP) is 2.29. The molecule has 0 aliphatic carbocycles. The van der Waals surface area contributed by atoms with Crippen LogP contribution in [0.2, 0.25) is 0 Å². The Kier molecular flexibility index (Phi) is 4.71. The average molecular weight is 228 g/mol. The van der Waals surface area contributed by atoms with Crippen molar-refractivity contribution < 1.29 is 19.0 Å². The van der Waals surface area contributed by atoms with Crippen LogP contribution in [0, 0.1) is 5.82 Å². The highest BCUT2D eigenvalue weighted by Crippen LogP contribution is 2.28. The molecule has 0 aliphatic heterocycles. The molecule has 0 aliphatic rings. The Morgan fingerprint density at radius 1 is 1.38 bits per heavy atom. The molecule has 1 aromatic rings. The molecule has 0 radical (unpaired) electrons. The van der Waals surface area contributed by atoms with E-state index in [0.29, 0.717) is 11.3 Å². The Labute approximate surface area is 94.8 Å². The summed E-state index contributed by atoms with van der Waals surface area (Å²) in [6.07, 6.45) is -0.615. The van der Waals surface area contributed by atoms with Crippen LogP contribution in [-0.2, 0) is 4.74 Å². The second kappa shape index (κ2) is 5.82. The fraction of sp³-hybridized carbons (Fsp3) is 0.500. The van der Waals surface area contributed by atoms with Crippen LogP contribution in [0.25, 0.3) is 0 Å². The topological polar surface area (TPSA) is 38.7 Å². The van der Waals surface area contributed by atoms with Gasteiger partial charge in [0.25, 0.3) is 0 Å². The Balaban J connectivity index is 3.02. The van der Waals surface area contributed by atoms with Gasteiger partial charge in [0.2, 0.25) is 0 Å². The number of aliphatic hydroxyl groups is 1. The maximum Gasteiger partial charge on any atom is 0.124 e. The molecule has 0 bridgehead atoms. The van der Waals surface area contributed by atoms with E-state index in [0.717, 1.165) is 0 Å². The molecule has 0 spiro atoms. The first kappa shape index (κ1) is 12.9. The predicted molar refractivity (Wildman–Crippen MR) is 59.0 cm³/mol. The van der Waals surface area contributed by atoms with Gasteiger partial charge >= 0.3 is 0 Å². The first-order chi connectivity index (χ1) is 7.58. The summed E-state index contributed by atoms with van der Waals surface area (Å²) in [4.78, 5) is 0. The van der Waals surface area contributed by atoms with Gasteiger partial charge in [-0.25, -0.2) is 4.39 Å². The summed E-state index contributed by atoms with van der Waals surface area (Å²) in [7, 11) is 1.50. The Morgan fingerprint density at radius 3 is 2.56 bits per heavy atom. The average Bonchev–Trinajstić information content (AvgIpc) is 2.25. The van der Waals surface area contributed by atoms with E-state index in [1.165, 1.54) is 25.3 Å². The maximum absolute atomic E-state index is 13.1. The molecule has 1 aromatic carbocycles. The van der Waals surface area contributed by atoms with E-state index >= 15 is 0 Å². The third kappa shape index (κ3) is 3.18. The number of hydrogen-bond acceptors (Lipinski definition) is 3. The number of hydrogen-bond donors (Lipinski definition) is 1. The highest BCUT2D eigenvalue weighted by molar-refractivity contribution is 5.35. The van der Waals surface area contributed by atoms with Crippen molar-refractivity contribution in [3.63, 3.8) is 0 Å². The lowest BCUT2D eigenvalue weighted by Gasteiger charge is -2.20. The minimum Gasteiger partial charge on any atom is -0.496 e. The molecule has 0 fully saturated rings. The minimum atomic E-state index is -0.564. The zero-order valence-electron chi connectivity index (χ0n) is 9.74. The molecule has 0 aromatic heterocycles. The number of ether oxygens (including phenoxy) is 2. The van der Waals surface area contributed by atoms with Gasteiger partial charge in [-0.15, -0.1) is 0 Å². The molecular formula is C12H17FO3. The van der Waals surface area contributed by atoms with Crippen LogP contribution in [0.1, 0.15) is 25.5 Å². The smallest absolute Gasteiger partial charge is 0.124 e. The molecule has 90 valence electrons. The van der Waals surface area contributed by atoms with E-state index in [2.05, 4.69) is 0 Å². The standard InChI is InChI=1S/C12H17FO3/c1-8(2)16-12(7-14)10-6-9(13)4-5-11(10)15-3/h4-6,8,12,14H,7H2,1-3H3. The monoisotopic (exact) mass is 228 g/mol. The first-order valence-corrected chi connectivity index (χ1v) is 5.18. The van der Waals surface area contributed by atoms with E-state index in [1.54, 1.807) is 0 Å². The summed E-state index contributed by atoms with van der Waals surface area (Å²) in [5, 5.41) is 9.24. The van der Waals surface area contributed by atoms with Gasteiger partial charge in [0.05, 0.1) is 19.8 Å².